The van der Waals surface area contributed by atoms with Crippen molar-refractivity contribution in [2.24, 2.45) is 0 Å². The molecule has 2 heterocycles. The Hall–Kier alpha value is -1.41. The van der Waals surface area contributed by atoms with Crippen LogP contribution in [0.25, 0.3) is 5.57 Å². The Morgan fingerprint density at radius 2 is 2.14 bits per heavy atom. The smallest absolute Gasteiger partial charge is 0.214 e. The number of hydrogen-bond acceptors (Lipinski definition) is 4. The van der Waals surface area contributed by atoms with Gasteiger partial charge in [-0.3, -0.25) is 9.78 Å². The second-order valence-electron chi connectivity index (χ2n) is 4.70. The highest BCUT2D eigenvalue weighted by atomic mass is 127. The molecule has 0 spiro atoms. The predicted molar refractivity (Wildman–Crippen MR) is 95.9 cm³/mol. The summed E-state index contributed by atoms with van der Waals surface area (Å²) in [5, 5.41) is 2.99. The first kappa shape index (κ1) is 15.5. The number of ether oxygens (including phenoxy) is 1. The lowest BCUT2D eigenvalue weighted by atomic mass is 9.98. The van der Waals surface area contributed by atoms with E-state index in [9.17, 15) is 4.79 Å². The monoisotopic (exact) mass is 470 g/mol. The van der Waals surface area contributed by atoms with E-state index in [4.69, 9.17) is 4.74 Å². The van der Waals surface area contributed by atoms with Crippen LogP contribution < -0.4 is 5.32 Å². The average molecular weight is 471 g/mol. The van der Waals surface area contributed by atoms with Crippen molar-refractivity contribution < 1.29 is 9.53 Å². The number of benzene rings is 1. The summed E-state index contributed by atoms with van der Waals surface area (Å²) in [6.45, 7) is 0. The SMILES string of the molecule is CNC1=C(c2cccc(Br)c2I)C(=O)C(c2cccnc2)O1. The van der Waals surface area contributed by atoms with Crippen molar-refractivity contribution in [1.29, 1.82) is 0 Å². The van der Waals surface area contributed by atoms with Gasteiger partial charge in [-0.2, -0.15) is 0 Å². The molecular weight excluding hydrogens is 459 g/mol. The molecule has 1 aliphatic heterocycles. The van der Waals surface area contributed by atoms with Crippen LogP contribution in [0, 0.1) is 3.57 Å². The largest absolute Gasteiger partial charge is 0.462 e. The van der Waals surface area contributed by atoms with Crippen LogP contribution in [0.4, 0.5) is 0 Å². The van der Waals surface area contributed by atoms with Gasteiger partial charge in [0.15, 0.2) is 12.0 Å². The molecule has 4 nitrogen and oxygen atoms in total. The van der Waals surface area contributed by atoms with Crippen LogP contribution >= 0.6 is 38.5 Å². The predicted octanol–water partition coefficient (Wildman–Crippen LogP) is 3.68. The molecule has 0 saturated heterocycles. The number of carbonyl (C=O) groups excluding carboxylic acids is 1. The van der Waals surface area contributed by atoms with Gasteiger partial charge in [0.2, 0.25) is 5.78 Å². The summed E-state index contributed by atoms with van der Waals surface area (Å²) in [6, 6.07) is 9.42. The topological polar surface area (TPSA) is 51.2 Å². The van der Waals surface area contributed by atoms with Gasteiger partial charge in [0.25, 0.3) is 0 Å². The number of nitrogens with one attached hydrogen (secondary N) is 1. The molecule has 3 rings (SSSR count). The van der Waals surface area contributed by atoms with Crippen molar-refractivity contribution in [2.75, 3.05) is 7.05 Å². The van der Waals surface area contributed by atoms with Crippen LogP contribution in [-0.2, 0) is 9.53 Å². The van der Waals surface area contributed by atoms with E-state index < -0.39 is 6.10 Å². The Labute approximate surface area is 150 Å². The number of nitrogens with zero attached hydrogens (tertiary/aromatic N) is 1. The highest BCUT2D eigenvalue weighted by molar-refractivity contribution is 14.1. The number of rotatable bonds is 3. The fourth-order valence-corrected chi connectivity index (χ4v) is 3.36. The number of carbonyl (C=O) groups is 1. The summed E-state index contributed by atoms with van der Waals surface area (Å²) < 4.78 is 7.76. The zero-order valence-corrected chi connectivity index (χ0v) is 15.4. The first-order valence-corrected chi connectivity index (χ1v) is 8.48. The van der Waals surface area contributed by atoms with Crippen molar-refractivity contribution in [3.8, 4) is 0 Å². The minimum atomic E-state index is -0.652. The fourth-order valence-electron chi connectivity index (χ4n) is 2.36. The van der Waals surface area contributed by atoms with Gasteiger partial charge in [-0.1, -0.05) is 18.2 Å². The van der Waals surface area contributed by atoms with Crippen molar-refractivity contribution in [3.05, 3.63) is 67.8 Å². The van der Waals surface area contributed by atoms with Crippen LogP contribution in [0.1, 0.15) is 17.2 Å². The molecule has 112 valence electrons. The highest BCUT2D eigenvalue weighted by Gasteiger charge is 2.37. The van der Waals surface area contributed by atoms with Crippen LogP contribution in [0.2, 0.25) is 0 Å². The molecule has 1 atom stereocenters. The quantitative estimate of drug-likeness (QED) is 0.695. The van der Waals surface area contributed by atoms with Gasteiger partial charge in [0.05, 0.1) is 5.57 Å². The lowest BCUT2D eigenvalue weighted by molar-refractivity contribution is -0.120. The van der Waals surface area contributed by atoms with E-state index >= 15 is 0 Å². The average Bonchev–Trinajstić information content (AvgIpc) is 2.87. The second-order valence-corrected chi connectivity index (χ2v) is 6.64. The standard InChI is InChI=1S/C16H12BrIN2O2/c1-19-16-12(10-5-2-6-11(17)13(10)18)14(21)15(22-16)9-4-3-7-20-8-9/h2-8,15,19H,1H3. The molecule has 1 N–H and O–H groups in total. The lowest BCUT2D eigenvalue weighted by Gasteiger charge is -2.10. The Bertz CT molecular complexity index is 762. The van der Waals surface area contributed by atoms with Gasteiger partial charge in [0, 0.05) is 38.6 Å². The minimum Gasteiger partial charge on any atom is -0.462 e. The molecule has 22 heavy (non-hydrogen) atoms. The number of ketones is 1. The van der Waals surface area contributed by atoms with Gasteiger partial charge >= 0.3 is 0 Å². The highest BCUT2D eigenvalue weighted by Crippen LogP contribution is 2.39. The minimum absolute atomic E-state index is 0.0617. The number of pyridine rings is 1. The zero-order valence-electron chi connectivity index (χ0n) is 11.6. The van der Waals surface area contributed by atoms with Crippen molar-refractivity contribution in [2.45, 2.75) is 6.10 Å². The Kier molecular flexibility index (Phi) is 4.49. The molecular formula is C16H12BrIN2O2. The Morgan fingerprint density at radius 3 is 2.82 bits per heavy atom. The maximum absolute atomic E-state index is 12.9. The van der Waals surface area contributed by atoms with E-state index in [-0.39, 0.29) is 5.78 Å². The summed E-state index contributed by atoms with van der Waals surface area (Å²) in [4.78, 5) is 16.9. The Morgan fingerprint density at radius 1 is 1.32 bits per heavy atom. The van der Waals surface area contributed by atoms with Crippen molar-refractivity contribution in [3.63, 3.8) is 0 Å². The Balaban J connectivity index is 2.06. The van der Waals surface area contributed by atoms with E-state index in [0.29, 0.717) is 11.5 Å². The van der Waals surface area contributed by atoms with E-state index in [2.05, 4.69) is 48.8 Å². The fraction of sp³-hybridized carbons (Fsp3) is 0.125. The molecule has 1 aromatic heterocycles. The van der Waals surface area contributed by atoms with Gasteiger partial charge in [-0.05, 0) is 50.7 Å². The molecule has 1 unspecified atom stereocenters. The lowest BCUT2D eigenvalue weighted by Crippen LogP contribution is -2.10. The molecule has 0 amide bonds. The summed E-state index contributed by atoms with van der Waals surface area (Å²) in [6.07, 6.45) is 2.68. The molecule has 1 aliphatic rings. The van der Waals surface area contributed by atoms with Crippen LogP contribution in [-0.4, -0.2) is 17.8 Å². The number of aromatic nitrogens is 1. The van der Waals surface area contributed by atoms with Gasteiger partial charge in [0.1, 0.15) is 0 Å². The first-order valence-electron chi connectivity index (χ1n) is 6.60. The third-order valence-electron chi connectivity index (χ3n) is 3.38. The molecule has 6 heteroatoms. The first-order chi connectivity index (χ1) is 10.6. The summed E-state index contributed by atoms with van der Waals surface area (Å²) in [7, 11) is 1.75. The maximum Gasteiger partial charge on any atom is 0.214 e. The normalized spacial score (nSPS) is 17.6. The van der Waals surface area contributed by atoms with E-state index in [1.165, 1.54) is 0 Å². The number of hydrogen-bond donors (Lipinski definition) is 1. The molecule has 0 radical (unpaired) electrons. The van der Waals surface area contributed by atoms with Gasteiger partial charge < -0.3 is 10.1 Å². The summed E-state index contributed by atoms with van der Waals surface area (Å²) in [5.74, 6) is 0.434. The summed E-state index contributed by atoms with van der Waals surface area (Å²) >= 11 is 5.73. The molecule has 2 aromatic rings. The summed E-state index contributed by atoms with van der Waals surface area (Å²) in [5.41, 5.74) is 2.18. The molecule has 0 saturated carbocycles. The van der Waals surface area contributed by atoms with Crippen LogP contribution in [0.5, 0.6) is 0 Å². The second kappa shape index (κ2) is 6.37. The molecule has 0 aliphatic carbocycles. The molecule has 0 bridgehead atoms. The van der Waals surface area contributed by atoms with Gasteiger partial charge in [-0.15, -0.1) is 0 Å². The van der Waals surface area contributed by atoms with Crippen molar-refractivity contribution in [1.82, 2.24) is 10.3 Å². The third kappa shape index (κ3) is 2.65. The van der Waals surface area contributed by atoms with Crippen LogP contribution in [0.15, 0.2) is 53.1 Å². The van der Waals surface area contributed by atoms with E-state index in [1.807, 2.05) is 24.3 Å². The zero-order chi connectivity index (χ0) is 15.7. The van der Waals surface area contributed by atoms with Gasteiger partial charge in [-0.25, -0.2) is 0 Å². The molecule has 1 aromatic carbocycles. The van der Waals surface area contributed by atoms with Crippen LogP contribution in [0.3, 0.4) is 0 Å². The third-order valence-corrected chi connectivity index (χ3v) is 5.95. The number of Topliss-reactive ketones (excluding diaryl/α,β-unsaturated/α-hetero) is 1. The molecule has 0 fully saturated rings. The maximum atomic E-state index is 12.9. The number of halogens is 2. The van der Waals surface area contributed by atoms with E-state index in [0.717, 1.165) is 19.2 Å². The van der Waals surface area contributed by atoms with Crippen molar-refractivity contribution >= 4 is 49.9 Å². The van der Waals surface area contributed by atoms with E-state index in [1.54, 1.807) is 25.5 Å².